The molecule has 134 valence electrons. The maximum absolute atomic E-state index is 13.7. The first-order chi connectivity index (χ1) is 12.4. The van der Waals surface area contributed by atoms with E-state index in [1.54, 1.807) is 24.3 Å². The summed E-state index contributed by atoms with van der Waals surface area (Å²) in [6, 6.07) is 9.47. The van der Waals surface area contributed by atoms with Crippen molar-refractivity contribution in [2.45, 2.75) is 12.8 Å². The van der Waals surface area contributed by atoms with Crippen molar-refractivity contribution in [2.75, 3.05) is 5.32 Å². The molecule has 4 nitrogen and oxygen atoms in total. The van der Waals surface area contributed by atoms with Gasteiger partial charge >= 0.3 is 0 Å². The minimum atomic E-state index is -0.511. The third kappa shape index (κ3) is 4.63. The zero-order chi connectivity index (χ0) is 18.7. The van der Waals surface area contributed by atoms with Crippen molar-refractivity contribution in [2.24, 2.45) is 0 Å². The van der Waals surface area contributed by atoms with Gasteiger partial charge in [0.15, 0.2) is 11.7 Å². The Kier molecular flexibility index (Phi) is 5.96. The fourth-order valence-electron chi connectivity index (χ4n) is 2.26. The zero-order valence-electron chi connectivity index (χ0n) is 13.2. The van der Waals surface area contributed by atoms with Crippen LogP contribution >= 0.6 is 39.1 Å². The zero-order valence-corrected chi connectivity index (χ0v) is 16.3. The summed E-state index contributed by atoms with van der Waals surface area (Å²) in [5, 5.41) is 3.49. The van der Waals surface area contributed by atoms with Gasteiger partial charge in [0.2, 0.25) is 5.91 Å². The summed E-state index contributed by atoms with van der Waals surface area (Å²) in [6.45, 7) is 0. The molecule has 0 atom stereocenters. The van der Waals surface area contributed by atoms with Gasteiger partial charge in [-0.2, -0.15) is 0 Å². The van der Waals surface area contributed by atoms with Gasteiger partial charge in [-0.25, -0.2) is 9.37 Å². The summed E-state index contributed by atoms with van der Waals surface area (Å²) in [5.74, 6) is 0.0255. The monoisotopic (exact) mass is 456 g/mol. The highest BCUT2D eigenvalue weighted by molar-refractivity contribution is 9.10. The summed E-state index contributed by atoms with van der Waals surface area (Å²) in [7, 11) is 0. The molecule has 0 unspecified atom stereocenters. The standard InChI is InChI=1S/C18H12BrCl2FN2O2/c19-10-1-4-15(14(22)7-10)24-17(25)5-6-18-23-9-16(26-18)12-3-2-11(20)8-13(12)21/h1-4,7-9H,5-6H2,(H,24,25). The Labute approximate surface area is 167 Å². The summed E-state index contributed by atoms with van der Waals surface area (Å²) in [5.41, 5.74) is 0.787. The molecule has 0 saturated heterocycles. The number of hydrogen-bond acceptors (Lipinski definition) is 3. The molecule has 0 saturated carbocycles. The number of nitrogens with one attached hydrogen (secondary N) is 1. The van der Waals surface area contributed by atoms with Gasteiger partial charge < -0.3 is 9.73 Å². The predicted molar refractivity (Wildman–Crippen MR) is 103 cm³/mol. The van der Waals surface area contributed by atoms with E-state index in [0.29, 0.717) is 31.7 Å². The third-order valence-electron chi connectivity index (χ3n) is 3.52. The van der Waals surface area contributed by atoms with Crippen LogP contribution in [0.4, 0.5) is 10.1 Å². The molecule has 0 aliphatic carbocycles. The highest BCUT2D eigenvalue weighted by Gasteiger charge is 2.13. The molecule has 3 aromatic rings. The number of carbonyl (C=O) groups excluding carboxylic acids is 1. The maximum Gasteiger partial charge on any atom is 0.224 e. The molecule has 8 heteroatoms. The van der Waals surface area contributed by atoms with Gasteiger partial charge in [-0.3, -0.25) is 4.79 Å². The Morgan fingerprint density at radius 1 is 1.23 bits per heavy atom. The second kappa shape index (κ2) is 8.20. The number of carbonyl (C=O) groups is 1. The highest BCUT2D eigenvalue weighted by atomic mass is 79.9. The van der Waals surface area contributed by atoms with Gasteiger partial charge in [0, 0.05) is 27.9 Å². The first-order valence-electron chi connectivity index (χ1n) is 7.57. The van der Waals surface area contributed by atoms with Gasteiger partial charge in [-0.1, -0.05) is 39.1 Å². The van der Waals surface area contributed by atoms with E-state index >= 15 is 0 Å². The Morgan fingerprint density at radius 2 is 2.04 bits per heavy atom. The van der Waals surface area contributed by atoms with E-state index in [1.807, 2.05) is 0 Å². The molecule has 0 fully saturated rings. The average Bonchev–Trinajstić information content (AvgIpc) is 3.04. The largest absolute Gasteiger partial charge is 0.441 e. The normalized spacial score (nSPS) is 10.8. The highest BCUT2D eigenvalue weighted by Crippen LogP contribution is 2.31. The van der Waals surface area contributed by atoms with E-state index in [4.69, 9.17) is 27.6 Å². The molecule has 1 aromatic heterocycles. The summed E-state index contributed by atoms with van der Waals surface area (Å²) < 4.78 is 20.0. The fraction of sp³-hybridized carbons (Fsp3) is 0.111. The van der Waals surface area contributed by atoms with Crippen LogP contribution in [0.5, 0.6) is 0 Å². The number of rotatable bonds is 5. The van der Waals surface area contributed by atoms with Crippen LogP contribution in [0, 0.1) is 5.82 Å². The number of anilines is 1. The van der Waals surface area contributed by atoms with Crippen LogP contribution in [0.2, 0.25) is 10.0 Å². The summed E-state index contributed by atoms with van der Waals surface area (Å²) >= 11 is 15.2. The van der Waals surface area contributed by atoms with Crippen molar-refractivity contribution in [3.8, 4) is 11.3 Å². The topological polar surface area (TPSA) is 55.1 Å². The van der Waals surface area contributed by atoms with E-state index < -0.39 is 5.82 Å². The van der Waals surface area contributed by atoms with Crippen LogP contribution < -0.4 is 5.32 Å². The van der Waals surface area contributed by atoms with Crippen molar-refractivity contribution in [1.82, 2.24) is 4.98 Å². The van der Waals surface area contributed by atoms with Gasteiger partial charge in [0.1, 0.15) is 5.82 Å². The van der Waals surface area contributed by atoms with E-state index in [1.165, 1.54) is 18.3 Å². The SMILES string of the molecule is O=C(CCc1ncc(-c2ccc(Cl)cc2Cl)o1)Nc1ccc(Br)cc1F. The Balaban J connectivity index is 1.61. The maximum atomic E-state index is 13.7. The number of halogens is 4. The lowest BCUT2D eigenvalue weighted by atomic mass is 10.2. The summed E-state index contributed by atoms with van der Waals surface area (Å²) in [6.07, 6.45) is 1.91. The lowest BCUT2D eigenvalue weighted by molar-refractivity contribution is -0.116. The second-order valence-corrected chi connectivity index (χ2v) is 7.17. The first-order valence-corrected chi connectivity index (χ1v) is 9.12. The molecule has 0 radical (unpaired) electrons. The van der Waals surface area contributed by atoms with Crippen molar-refractivity contribution in [1.29, 1.82) is 0 Å². The molecule has 1 N–H and O–H groups in total. The van der Waals surface area contributed by atoms with Gasteiger partial charge in [-0.15, -0.1) is 0 Å². The smallest absolute Gasteiger partial charge is 0.224 e. The van der Waals surface area contributed by atoms with Crippen molar-refractivity contribution in [3.63, 3.8) is 0 Å². The molecular formula is C18H12BrCl2FN2O2. The number of benzene rings is 2. The molecule has 1 heterocycles. The van der Waals surface area contributed by atoms with Crippen LogP contribution in [0.3, 0.4) is 0 Å². The lowest BCUT2D eigenvalue weighted by Crippen LogP contribution is -2.13. The predicted octanol–water partition coefficient (Wildman–Crippen LogP) is 6.12. The Morgan fingerprint density at radius 3 is 2.77 bits per heavy atom. The number of oxazole rings is 1. The second-order valence-electron chi connectivity index (χ2n) is 5.41. The molecular weight excluding hydrogens is 446 g/mol. The molecule has 2 aromatic carbocycles. The minimum absolute atomic E-state index is 0.101. The molecule has 1 amide bonds. The quantitative estimate of drug-likeness (QED) is 0.501. The van der Waals surface area contributed by atoms with Crippen molar-refractivity contribution >= 4 is 50.7 Å². The van der Waals surface area contributed by atoms with Crippen LogP contribution in [0.1, 0.15) is 12.3 Å². The van der Waals surface area contributed by atoms with Gasteiger partial charge in [0.05, 0.1) is 16.9 Å². The number of aryl methyl sites for hydroxylation is 1. The first kappa shape index (κ1) is 18.9. The lowest BCUT2D eigenvalue weighted by Gasteiger charge is -2.06. The molecule has 3 rings (SSSR count). The van der Waals surface area contributed by atoms with E-state index in [-0.39, 0.29) is 24.4 Å². The average molecular weight is 458 g/mol. The minimum Gasteiger partial charge on any atom is -0.441 e. The van der Waals surface area contributed by atoms with Crippen LogP contribution in [-0.2, 0) is 11.2 Å². The van der Waals surface area contributed by atoms with Crippen molar-refractivity contribution < 1.29 is 13.6 Å². The molecule has 0 aliphatic rings. The number of hydrogen-bond donors (Lipinski definition) is 1. The number of amides is 1. The number of aromatic nitrogens is 1. The Bertz CT molecular complexity index is 962. The summed E-state index contributed by atoms with van der Waals surface area (Å²) in [4.78, 5) is 16.1. The van der Waals surface area contributed by atoms with Crippen LogP contribution in [0.25, 0.3) is 11.3 Å². The van der Waals surface area contributed by atoms with Crippen LogP contribution in [0.15, 0.2) is 51.5 Å². The fourth-order valence-corrected chi connectivity index (χ4v) is 3.10. The molecule has 0 bridgehead atoms. The molecule has 0 spiro atoms. The third-order valence-corrected chi connectivity index (χ3v) is 4.56. The molecule has 0 aliphatic heterocycles. The van der Waals surface area contributed by atoms with Crippen molar-refractivity contribution in [3.05, 3.63) is 68.8 Å². The van der Waals surface area contributed by atoms with E-state index in [0.717, 1.165) is 0 Å². The van der Waals surface area contributed by atoms with Crippen LogP contribution in [-0.4, -0.2) is 10.9 Å². The Hall–Kier alpha value is -1.89. The van der Waals surface area contributed by atoms with Gasteiger partial charge in [0.25, 0.3) is 0 Å². The number of nitrogens with zero attached hydrogens (tertiary/aromatic N) is 1. The van der Waals surface area contributed by atoms with Gasteiger partial charge in [-0.05, 0) is 36.4 Å². The van der Waals surface area contributed by atoms with E-state index in [2.05, 4.69) is 26.2 Å². The molecule has 26 heavy (non-hydrogen) atoms. The van der Waals surface area contributed by atoms with E-state index in [9.17, 15) is 9.18 Å².